The largest absolute Gasteiger partial charge is 0.296 e. The van der Waals surface area contributed by atoms with Crippen molar-refractivity contribution in [3.8, 4) is 39.2 Å². The first-order chi connectivity index (χ1) is 27.7. The third-order valence-electron chi connectivity index (χ3n) is 11.8. The molecule has 0 amide bonds. The molecule has 1 aliphatic rings. The van der Waals surface area contributed by atoms with Crippen molar-refractivity contribution in [2.75, 3.05) is 0 Å². The molecule has 264 valence electrons. The molecule has 3 nitrogen and oxygen atoms in total. The minimum atomic E-state index is -0.493. The third kappa shape index (κ3) is 4.71. The quantitative estimate of drug-likeness (QED) is 0.161. The molecular formula is C53H37N3. The van der Waals surface area contributed by atoms with Crippen LogP contribution < -0.4 is 0 Å². The molecule has 0 atom stereocenters. The number of fused-ring (bicyclic) bond motifs is 8. The number of aryl methyl sites for hydroxylation is 1. The van der Waals surface area contributed by atoms with E-state index in [1.54, 1.807) is 0 Å². The molecule has 0 N–H and O–H groups in total. The fraction of sp³-hybridized carbons (Fsp3) is 0.0566. The van der Waals surface area contributed by atoms with E-state index in [0.29, 0.717) is 0 Å². The second kappa shape index (κ2) is 12.8. The molecule has 10 aromatic rings. The molecule has 11 rings (SSSR count). The molecule has 0 saturated carbocycles. The summed E-state index contributed by atoms with van der Waals surface area (Å²) in [6, 6.07) is 70.6. The fourth-order valence-corrected chi connectivity index (χ4v) is 9.44. The van der Waals surface area contributed by atoms with E-state index >= 15 is 0 Å². The molecule has 0 saturated heterocycles. The van der Waals surface area contributed by atoms with Crippen LogP contribution in [0.1, 0.15) is 35.0 Å². The van der Waals surface area contributed by atoms with Gasteiger partial charge in [-0.1, -0.05) is 165 Å². The van der Waals surface area contributed by atoms with Crippen LogP contribution in [0.3, 0.4) is 0 Å². The number of benzene rings is 8. The van der Waals surface area contributed by atoms with Gasteiger partial charge in [0.2, 0.25) is 0 Å². The van der Waals surface area contributed by atoms with Gasteiger partial charge in [0, 0.05) is 28.4 Å². The van der Waals surface area contributed by atoms with Crippen molar-refractivity contribution in [1.82, 2.24) is 14.5 Å². The van der Waals surface area contributed by atoms with E-state index in [-0.39, 0.29) is 0 Å². The predicted octanol–water partition coefficient (Wildman–Crippen LogP) is 13.0. The lowest BCUT2D eigenvalue weighted by molar-refractivity contribution is 0.769. The Labute approximate surface area is 326 Å². The van der Waals surface area contributed by atoms with Gasteiger partial charge in [0.15, 0.2) is 0 Å². The van der Waals surface area contributed by atoms with E-state index in [0.717, 1.165) is 62.3 Å². The van der Waals surface area contributed by atoms with Gasteiger partial charge in [0.05, 0.1) is 27.7 Å². The Morgan fingerprint density at radius 1 is 0.482 bits per heavy atom. The van der Waals surface area contributed by atoms with Gasteiger partial charge in [0.1, 0.15) is 5.82 Å². The Kier molecular flexibility index (Phi) is 7.36. The zero-order valence-corrected chi connectivity index (χ0v) is 31.0. The van der Waals surface area contributed by atoms with Gasteiger partial charge < -0.3 is 0 Å². The maximum atomic E-state index is 5.54. The predicted molar refractivity (Wildman–Crippen MR) is 231 cm³/mol. The normalized spacial score (nSPS) is 12.9. The zero-order valence-electron chi connectivity index (χ0n) is 31.0. The number of imidazole rings is 1. The molecule has 2 aromatic heterocycles. The van der Waals surface area contributed by atoms with Gasteiger partial charge in [-0.05, 0) is 86.3 Å². The Hall–Kier alpha value is -7.10. The highest BCUT2D eigenvalue weighted by Crippen LogP contribution is 2.59. The maximum absolute atomic E-state index is 5.54. The smallest absolute Gasteiger partial charge is 0.114 e. The lowest BCUT2D eigenvalue weighted by atomic mass is 9.67. The summed E-state index contributed by atoms with van der Waals surface area (Å²) in [5.41, 5.74) is 15.8. The van der Waals surface area contributed by atoms with Gasteiger partial charge in [-0.2, -0.15) is 0 Å². The first kappa shape index (κ1) is 32.3. The Morgan fingerprint density at radius 2 is 1.14 bits per heavy atom. The Balaban J connectivity index is 1.15. The monoisotopic (exact) mass is 715 g/mol. The summed E-state index contributed by atoms with van der Waals surface area (Å²) in [5, 5.41) is 3.56. The van der Waals surface area contributed by atoms with Crippen molar-refractivity contribution in [3.63, 3.8) is 0 Å². The lowest BCUT2D eigenvalue weighted by Gasteiger charge is -2.34. The molecule has 8 aromatic carbocycles. The first-order valence-corrected chi connectivity index (χ1v) is 19.5. The summed E-state index contributed by atoms with van der Waals surface area (Å²) in [6.07, 6.45) is 0.858. The van der Waals surface area contributed by atoms with Crippen LogP contribution in [-0.4, -0.2) is 14.5 Å². The minimum Gasteiger partial charge on any atom is -0.296 e. The molecule has 56 heavy (non-hydrogen) atoms. The Morgan fingerprint density at radius 3 is 1.91 bits per heavy atom. The molecule has 1 aliphatic carbocycles. The van der Waals surface area contributed by atoms with E-state index in [9.17, 15) is 0 Å². The number of rotatable bonds is 6. The number of aromatic nitrogens is 3. The summed E-state index contributed by atoms with van der Waals surface area (Å²) < 4.78 is 2.28. The van der Waals surface area contributed by atoms with Gasteiger partial charge in [-0.15, -0.1) is 0 Å². The zero-order chi connectivity index (χ0) is 37.2. The van der Waals surface area contributed by atoms with Crippen molar-refractivity contribution in [2.24, 2.45) is 0 Å². The summed E-state index contributed by atoms with van der Waals surface area (Å²) in [4.78, 5) is 10.5. The van der Waals surface area contributed by atoms with Gasteiger partial charge in [0.25, 0.3) is 0 Å². The van der Waals surface area contributed by atoms with Crippen LogP contribution in [0.15, 0.2) is 194 Å². The molecule has 0 bridgehead atoms. The van der Waals surface area contributed by atoms with Crippen LogP contribution in [0.5, 0.6) is 0 Å². The minimum absolute atomic E-state index is 0.493. The number of hydrogen-bond donors (Lipinski definition) is 0. The first-order valence-electron chi connectivity index (χ1n) is 19.5. The van der Waals surface area contributed by atoms with E-state index < -0.39 is 5.41 Å². The molecule has 0 unspecified atom stereocenters. The lowest BCUT2D eigenvalue weighted by Crippen LogP contribution is -2.28. The van der Waals surface area contributed by atoms with E-state index in [2.05, 4.69) is 206 Å². The summed E-state index contributed by atoms with van der Waals surface area (Å²) in [5.74, 6) is 1.06. The second-order valence-corrected chi connectivity index (χ2v) is 14.7. The van der Waals surface area contributed by atoms with Crippen molar-refractivity contribution in [1.29, 1.82) is 0 Å². The average molecular weight is 716 g/mol. The highest BCUT2D eigenvalue weighted by molar-refractivity contribution is 6.18. The van der Waals surface area contributed by atoms with Crippen LogP contribution in [0.4, 0.5) is 0 Å². The topological polar surface area (TPSA) is 30.7 Å². The van der Waals surface area contributed by atoms with Crippen LogP contribution in [0, 0.1) is 0 Å². The number of para-hydroxylation sites is 3. The number of hydrogen-bond acceptors (Lipinski definition) is 2. The van der Waals surface area contributed by atoms with Crippen LogP contribution in [0.2, 0.25) is 0 Å². The van der Waals surface area contributed by atoms with Crippen LogP contribution in [0.25, 0.3) is 71.9 Å². The molecule has 0 spiro atoms. The van der Waals surface area contributed by atoms with Crippen LogP contribution in [-0.2, 0) is 11.8 Å². The highest BCUT2D eigenvalue weighted by atomic mass is 15.1. The number of nitrogens with zero attached hydrogens (tertiary/aromatic N) is 3. The molecule has 0 radical (unpaired) electrons. The summed E-state index contributed by atoms with van der Waals surface area (Å²) in [6.45, 7) is 2.17. The maximum Gasteiger partial charge on any atom is 0.114 e. The molecule has 0 fully saturated rings. The van der Waals surface area contributed by atoms with Gasteiger partial charge in [-0.3, -0.25) is 4.57 Å². The second-order valence-electron chi connectivity index (χ2n) is 14.7. The highest BCUT2D eigenvalue weighted by Gasteiger charge is 2.47. The molecule has 0 aliphatic heterocycles. The number of pyridine rings is 1. The van der Waals surface area contributed by atoms with Gasteiger partial charge in [-0.25, -0.2) is 9.97 Å². The van der Waals surface area contributed by atoms with E-state index in [4.69, 9.17) is 9.97 Å². The SMILES string of the molecule is CCc1nc2ccccc2n1-c1ccc(-c2cccc(-c3nc4ccccc4c4ccc5c(c34)-c3ccccc3C5(c3ccccc3)c3ccccc3)c2)cc1. The summed E-state index contributed by atoms with van der Waals surface area (Å²) in [7, 11) is 0. The van der Waals surface area contributed by atoms with Crippen LogP contribution >= 0.6 is 0 Å². The Bertz CT molecular complexity index is 3070. The van der Waals surface area contributed by atoms with Crippen molar-refractivity contribution < 1.29 is 0 Å². The van der Waals surface area contributed by atoms with Crippen molar-refractivity contribution >= 4 is 32.7 Å². The molecule has 3 heteroatoms. The van der Waals surface area contributed by atoms with Crippen molar-refractivity contribution in [3.05, 3.63) is 222 Å². The summed E-state index contributed by atoms with van der Waals surface area (Å²) >= 11 is 0. The third-order valence-corrected chi connectivity index (χ3v) is 11.8. The molecular weight excluding hydrogens is 679 g/mol. The average Bonchev–Trinajstić information content (AvgIpc) is 3.81. The van der Waals surface area contributed by atoms with E-state index in [1.807, 2.05) is 0 Å². The standard InChI is InChI=1S/C53H37N3/c1-2-49-54-47-26-13-14-27-48(47)56(49)40-30-28-35(29-31-40)36-16-15-17-37(34-36)52-51-42(41-22-10-12-25-46(41)55-52)32-33-45-50(51)43-23-9-11-24-44(43)53(45,38-18-5-3-6-19-38)39-20-7-4-8-21-39/h3-34H,2H2,1H3. The molecule has 2 heterocycles. The van der Waals surface area contributed by atoms with E-state index in [1.165, 1.54) is 44.2 Å². The van der Waals surface area contributed by atoms with Gasteiger partial charge >= 0.3 is 0 Å². The fourth-order valence-electron chi connectivity index (χ4n) is 9.44. The van der Waals surface area contributed by atoms with Crippen molar-refractivity contribution in [2.45, 2.75) is 18.8 Å².